The molecule has 0 atom stereocenters. The number of carbonyl (C=O) groups is 1. The molecule has 3 rings (SSSR count). The summed E-state index contributed by atoms with van der Waals surface area (Å²) in [5.41, 5.74) is 2.85. The van der Waals surface area contributed by atoms with E-state index in [1.165, 1.54) is 10.9 Å². The second-order valence-corrected chi connectivity index (χ2v) is 6.19. The summed E-state index contributed by atoms with van der Waals surface area (Å²) >= 11 is 0. The highest BCUT2D eigenvalue weighted by molar-refractivity contribution is 5.77. The van der Waals surface area contributed by atoms with Gasteiger partial charge < -0.3 is 4.90 Å². The summed E-state index contributed by atoms with van der Waals surface area (Å²) in [5.74, 6) is 0.00307. The fourth-order valence-corrected chi connectivity index (χ4v) is 2.80. The van der Waals surface area contributed by atoms with E-state index in [9.17, 15) is 9.59 Å². The van der Waals surface area contributed by atoms with E-state index in [0.29, 0.717) is 24.0 Å². The van der Waals surface area contributed by atoms with E-state index in [4.69, 9.17) is 0 Å². The fourth-order valence-electron chi connectivity index (χ4n) is 2.80. The number of rotatable bonds is 5. The minimum absolute atomic E-state index is 0.00307. The van der Waals surface area contributed by atoms with Crippen molar-refractivity contribution >= 4 is 16.8 Å². The average molecular weight is 335 g/mol. The Morgan fingerprint density at radius 2 is 1.84 bits per heavy atom. The van der Waals surface area contributed by atoms with E-state index in [1.54, 1.807) is 18.0 Å². The smallest absolute Gasteiger partial charge is 0.261 e. The van der Waals surface area contributed by atoms with Crippen LogP contribution >= 0.6 is 0 Å². The van der Waals surface area contributed by atoms with Crippen molar-refractivity contribution < 1.29 is 4.79 Å². The Morgan fingerprint density at radius 1 is 1.12 bits per heavy atom. The minimum atomic E-state index is -0.111. The van der Waals surface area contributed by atoms with Gasteiger partial charge in [-0.1, -0.05) is 36.4 Å². The molecule has 0 aliphatic carbocycles. The fraction of sp³-hybridized carbons (Fsp3) is 0.250. The molecule has 0 saturated carbocycles. The second-order valence-electron chi connectivity index (χ2n) is 6.19. The summed E-state index contributed by atoms with van der Waals surface area (Å²) in [6.07, 6.45) is 1.78. The van der Waals surface area contributed by atoms with Gasteiger partial charge in [-0.3, -0.25) is 14.2 Å². The summed E-state index contributed by atoms with van der Waals surface area (Å²) in [4.78, 5) is 30.8. The second kappa shape index (κ2) is 7.30. The topological polar surface area (TPSA) is 55.2 Å². The molecule has 1 aromatic heterocycles. The van der Waals surface area contributed by atoms with Crippen LogP contribution in [0.1, 0.15) is 17.5 Å². The van der Waals surface area contributed by atoms with Crippen molar-refractivity contribution in [3.63, 3.8) is 0 Å². The number of carbonyl (C=O) groups excluding carboxylic acids is 1. The molecule has 5 heteroatoms. The third-order valence-electron chi connectivity index (χ3n) is 4.39. The van der Waals surface area contributed by atoms with E-state index in [0.717, 1.165) is 11.1 Å². The highest BCUT2D eigenvalue weighted by Gasteiger charge is 2.11. The predicted octanol–water partition coefficient (Wildman–Crippen LogP) is 2.75. The van der Waals surface area contributed by atoms with Crippen molar-refractivity contribution in [1.82, 2.24) is 14.5 Å². The van der Waals surface area contributed by atoms with E-state index in [-0.39, 0.29) is 17.9 Å². The third-order valence-corrected chi connectivity index (χ3v) is 4.39. The molecule has 25 heavy (non-hydrogen) atoms. The molecule has 0 bridgehead atoms. The zero-order valence-electron chi connectivity index (χ0n) is 14.5. The quantitative estimate of drug-likeness (QED) is 0.720. The summed E-state index contributed by atoms with van der Waals surface area (Å²) in [6.45, 7) is 2.93. The summed E-state index contributed by atoms with van der Waals surface area (Å²) in [5, 5.41) is 0.575. The first-order valence-electron chi connectivity index (χ1n) is 8.29. The number of para-hydroxylation sites is 1. The predicted molar refractivity (Wildman–Crippen MR) is 98.3 cm³/mol. The first kappa shape index (κ1) is 16.9. The summed E-state index contributed by atoms with van der Waals surface area (Å²) in [6, 6.07) is 15.3. The van der Waals surface area contributed by atoms with Gasteiger partial charge in [-0.15, -0.1) is 0 Å². The first-order valence-corrected chi connectivity index (χ1v) is 8.29. The van der Waals surface area contributed by atoms with Crippen LogP contribution in [0.25, 0.3) is 10.9 Å². The molecule has 128 valence electrons. The van der Waals surface area contributed by atoms with Gasteiger partial charge >= 0.3 is 0 Å². The Kier molecular flexibility index (Phi) is 4.93. The molecule has 3 aromatic rings. The maximum absolute atomic E-state index is 12.4. The van der Waals surface area contributed by atoms with Gasteiger partial charge in [0.15, 0.2) is 0 Å². The molecule has 1 amide bonds. The van der Waals surface area contributed by atoms with Gasteiger partial charge in [0.05, 0.1) is 17.2 Å². The van der Waals surface area contributed by atoms with Gasteiger partial charge in [0.25, 0.3) is 5.56 Å². The number of hydrogen-bond donors (Lipinski definition) is 0. The zero-order chi connectivity index (χ0) is 17.8. The van der Waals surface area contributed by atoms with Crippen molar-refractivity contribution in [2.24, 2.45) is 0 Å². The summed E-state index contributed by atoms with van der Waals surface area (Å²) in [7, 11) is 1.79. The lowest BCUT2D eigenvalue weighted by Crippen LogP contribution is -2.29. The van der Waals surface area contributed by atoms with E-state index < -0.39 is 0 Å². The SMILES string of the molecule is Cc1ccccc1CN(C)C(=O)CCn1cnc2ccccc2c1=O. The van der Waals surface area contributed by atoms with Crippen LogP contribution in [0.3, 0.4) is 0 Å². The van der Waals surface area contributed by atoms with Crippen LogP contribution < -0.4 is 5.56 Å². The van der Waals surface area contributed by atoms with Crippen LogP contribution in [0.5, 0.6) is 0 Å². The van der Waals surface area contributed by atoms with E-state index in [2.05, 4.69) is 4.98 Å². The van der Waals surface area contributed by atoms with Gasteiger partial charge in [0, 0.05) is 26.6 Å². The maximum Gasteiger partial charge on any atom is 0.261 e. The molecule has 0 aliphatic rings. The Bertz CT molecular complexity index is 962. The maximum atomic E-state index is 12.4. The molecule has 0 N–H and O–H groups in total. The average Bonchev–Trinajstić information content (AvgIpc) is 2.63. The van der Waals surface area contributed by atoms with Crippen LogP contribution in [0.2, 0.25) is 0 Å². The van der Waals surface area contributed by atoms with Crippen LogP contribution in [-0.4, -0.2) is 27.4 Å². The molecule has 1 heterocycles. The van der Waals surface area contributed by atoms with Crippen LogP contribution in [-0.2, 0) is 17.9 Å². The van der Waals surface area contributed by atoms with Crippen molar-refractivity contribution in [2.45, 2.75) is 26.4 Å². The monoisotopic (exact) mass is 335 g/mol. The molecular formula is C20H21N3O2. The van der Waals surface area contributed by atoms with Crippen molar-refractivity contribution in [1.29, 1.82) is 0 Å². The Morgan fingerprint density at radius 3 is 2.64 bits per heavy atom. The number of nitrogens with zero attached hydrogens (tertiary/aromatic N) is 3. The largest absolute Gasteiger partial charge is 0.341 e. The Labute approximate surface area is 146 Å². The molecule has 0 radical (unpaired) electrons. The zero-order valence-corrected chi connectivity index (χ0v) is 14.5. The Balaban J connectivity index is 1.67. The normalized spacial score (nSPS) is 10.8. The van der Waals surface area contributed by atoms with Crippen molar-refractivity contribution in [3.8, 4) is 0 Å². The number of fused-ring (bicyclic) bond motifs is 1. The number of aryl methyl sites for hydroxylation is 2. The standard InChI is InChI=1S/C20H21N3O2/c1-15-7-3-4-8-16(15)13-22(2)19(24)11-12-23-14-21-18-10-6-5-9-17(18)20(23)25/h3-10,14H,11-13H2,1-2H3. The molecule has 0 aliphatic heterocycles. The molecule has 5 nitrogen and oxygen atoms in total. The lowest BCUT2D eigenvalue weighted by molar-refractivity contribution is -0.130. The molecule has 2 aromatic carbocycles. The van der Waals surface area contributed by atoms with Gasteiger partial charge in [-0.2, -0.15) is 0 Å². The van der Waals surface area contributed by atoms with Crippen LogP contribution in [0.4, 0.5) is 0 Å². The van der Waals surface area contributed by atoms with E-state index in [1.807, 2.05) is 49.4 Å². The van der Waals surface area contributed by atoms with Crippen LogP contribution in [0.15, 0.2) is 59.7 Å². The minimum Gasteiger partial charge on any atom is -0.341 e. The Hall–Kier alpha value is -2.95. The van der Waals surface area contributed by atoms with Gasteiger partial charge in [-0.05, 0) is 30.2 Å². The molecule has 0 unspecified atom stereocenters. The third kappa shape index (κ3) is 3.76. The molecular weight excluding hydrogens is 314 g/mol. The summed E-state index contributed by atoms with van der Waals surface area (Å²) < 4.78 is 1.50. The number of benzene rings is 2. The van der Waals surface area contributed by atoms with Crippen molar-refractivity contribution in [2.75, 3.05) is 7.05 Å². The highest BCUT2D eigenvalue weighted by Crippen LogP contribution is 2.10. The number of hydrogen-bond acceptors (Lipinski definition) is 3. The van der Waals surface area contributed by atoms with Gasteiger partial charge in [-0.25, -0.2) is 4.98 Å². The van der Waals surface area contributed by atoms with Crippen LogP contribution in [0, 0.1) is 6.92 Å². The van der Waals surface area contributed by atoms with Gasteiger partial charge in [0.2, 0.25) is 5.91 Å². The lowest BCUT2D eigenvalue weighted by Gasteiger charge is -2.18. The number of aromatic nitrogens is 2. The number of amides is 1. The molecule has 0 spiro atoms. The molecule has 0 saturated heterocycles. The lowest BCUT2D eigenvalue weighted by atomic mass is 10.1. The van der Waals surface area contributed by atoms with E-state index >= 15 is 0 Å². The van der Waals surface area contributed by atoms with Crippen molar-refractivity contribution in [3.05, 3.63) is 76.3 Å². The highest BCUT2D eigenvalue weighted by atomic mass is 16.2. The van der Waals surface area contributed by atoms with Gasteiger partial charge in [0.1, 0.15) is 0 Å². The first-order chi connectivity index (χ1) is 12.1. The molecule has 0 fully saturated rings.